The second-order valence-corrected chi connectivity index (χ2v) is 2.69. The molecule has 0 bridgehead atoms. The molecule has 7 heteroatoms. The van der Waals surface area contributed by atoms with Crippen molar-refractivity contribution in [2.24, 2.45) is 0 Å². The zero-order valence-electron chi connectivity index (χ0n) is 5.91. The van der Waals surface area contributed by atoms with Gasteiger partial charge in [0.1, 0.15) is 5.15 Å². The van der Waals surface area contributed by atoms with E-state index in [9.17, 15) is 10.1 Å². The second kappa shape index (κ2) is 3.20. The largest absolute Gasteiger partial charge is 0.373 e. The van der Waals surface area contributed by atoms with Crippen molar-refractivity contribution in [2.75, 3.05) is 0 Å². The molecule has 0 amide bonds. The van der Waals surface area contributed by atoms with Gasteiger partial charge >= 0.3 is 11.1 Å². The maximum Gasteiger partial charge on any atom is 0.373 e. The van der Waals surface area contributed by atoms with Crippen LogP contribution in [0.15, 0.2) is 0 Å². The molecule has 1 aromatic rings. The minimum absolute atomic E-state index is 0.00157. The number of rotatable bonds is 1. The first kappa shape index (κ1) is 9.15. The zero-order valence-corrected chi connectivity index (χ0v) is 7.43. The maximum atomic E-state index is 10.3. The van der Waals surface area contributed by atoms with E-state index < -0.39 is 4.92 Å². The number of aromatic nitrogens is 2. The first-order chi connectivity index (χ1) is 5.52. The smallest absolute Gasteiger partial charge is 0.358 e. The molecule has 0 aromatic carbocycles. The van der Waals surface area contributed by atoms with Crippen LogP contribution in [0.2, 0.25) is 10.4 Å². The van der Waals surface area contributed by atoms with Crippen LogP contribution in [0.1, 0.15) is 5.56 Å². The van der Waals surface area contributed by atoms with Crippen LogP contribution in [-0.4, -0.2) is 14.9 Å². The molecule has 12 heavy (non-hydrogen) atoms. The quantitative estimate of drug-likeness (QED) is 0.306. The summed E-state index contributed by atoms with van der Waals surface area (Å²) in [5.41, 5.74) is 0.214. The van der Waals surface area contributed by atoms with Crippen LogP contribution < -0.4 is 0 Å². The minimum Gasteiger partial charge on any atom is -0.358 e. The summed E-state index contributed by atoms with van der Waals surface area (Å²) >= 11 is 10.9. The lowest BCUT2D eigenvalue weighted by molar-refractivity contribution is -0.390. The van der Waals surface area contributed by atoms with Gasteiger partial charge in [-0.25, -0.2) is 0 Å². The van der Waals surface area contributed by atoms with Crippen molar-refractivity contribution in [2.45, 2.75) is 6.92 Å². The van der Waals surface area contributed by atoms with Crippen LogP contribution in [-0.2, 0) is 0 Å². The van der Waals surface area contributed by atoms with Crippen molar-refractivity contribution in [3.63, 3.8) is 0 Å². The van der Waals surface area contributed by atoms with Crippen molar-refractivity contribution in [3.8, 4) is 0 Å². The highest BCUT2D eigenvalue weighted by molar-refractivity contribution is 6.32. The standard InChI is InChI=1S/C5H3Cl2N3O2/c1-2-3(6)8-5(7)9-4(2)10(11)12/h1H3. The third-order valence-electron chi connectivity index (χ3n) is 1.21. The molecule has 1 aromatic heterocycles. The fourth-order valence-electron chi connectivity index (χ4n) is 0.631. The summed E-state index contributed by atoms with van der Waals surface area (Å²) in [4.78, 5) is 16.6. The molecule has 0 aliphatic carbocycles. The molecule has 0 N–H and O–H groups in total. The molecule has 1 heterocycles. The summed E-state index contributed by atoms with van der Waals surface area (Å²) in [7, 11) is 0. The first-order valence-corrected chi connectivity index (χ1v) is 3.62. The molecule has 0 aliphatic rings. The number of halogens is 2. The van der Waals surface area contributed by atoms with E-state index in [2.05, 4.69) is 9.97 Å². The van der Waals surface area contributed by atoms with Gasteiger partial charge in [0.05, 0.1) is 5.56 Å². The molecule has 0 saturated heterocycles. The van der Waals surface area contributed by atoms with Gasteiger partial charge in [0.25, 0.3) is 0 Å². The molecule has 0 unspecified atom stereocenters. The zero-order chi connectivity index (χ0) is 9.30. The van der Waals surface area contributed by atoms with Crippen molar-refractivity contribution >= 4 is 29.0 Å². The Bertz CT molecular complexity index is 342. The minimum atomic E-state index is -0.658. The van der Waals surface area contributed by atoms with Gasteiger partial charge in [-0.2, -0.15) is 4.98 Å². The molecular weight excluding hydrogens is 205 g/mol. The molecule has 0 aliphatic heterocycles. The summed E-state index contributed by atoms with van der Waals surface area (Å²) in [5, 5.41) is 10.1. The Balaban J connectivity index is 3.37. The van der Waals surface area contributed by atoms with Crippen LogP contribution >= 0.6 is 23.2 Å². The molecule has 0 saturated carbocycles. The number of nitro groups is 1. The van der Waals surface area contributed by atoms with E-state index in [1.54, 1.807) is 0 Å². The molecule has 5 nitrogen and oxygen atoms in total. The molecule has 0 atom stereocenters. The average Bonchev–Trinajstić information content (AvgIpc) is 1.96. The van der Waals surface area contributed by atoms with Gasteiger partial charge in [-0.05, 0) is 28.4 Å². The normalized spacial score (nSPS) is 9.92. The molecule has 64 valence electrons. The number of hydrogen-bond acceptors (Lipinski definition) is 4. The van der Waals surface area contributed by atoms with E-state index in [-0.39, 0.29) is 21.8 Å². The van der Waals surface area contributed by atoms with Crippen molar-refractivity contribution < 1.29 is 4.92 Å². The van der Waals surface area contributed by atoms with Crippen molar-refractivity contribution in [1.82, 2.24) is 9.97 Å². The Labute approximate surface area is 77.5 Å². The summed E-state index contributed by atoms with van der Waals surface area (Å²) in [6.45, 7) is 1.46. The van der Waals surface area contributed by atoms with Gasteiger partial charge in [0.15, 0.2) is 0 Å². The Morgan fingerprint density at radius 2 is 2.00 bits per heavy atom. The third kappa shape index (κ3) is 1.62. The van der Waals surface area contributed by atoms with E-state index in [1.807, 2.05) is 0 Å². The summed E-state index contributed by atoms with van der Waals surface area (Å²) < 4.78 is 0. The van der Waals surface area contributed by atoms with Crippen LogP contribution in [0.25, 0.3) is 0 Å². The summed E-state index contributed by atoms with van der Waals surface area (Å²) in [5.74, 6) is -0.361. The molecule has 1 rings (SSSR count). The summed E-state index contributed by atoms with van der Waals surface area (Å²) in [6, 6.07) is 0. The third-order valence-corrected chi connectivity index (χ3v) is 1.74. The van der Waals surface area contributed by atoms with Crippen LogP contribution in [0, 0.1) is 17.0 Å². The number of hydrogen-bond donors (Lipinski definition) is 0. The lowest BCUT2D eigenvalue weighted by Gasteiger charge is -1.97. The van der Waals surface area contributed by atoms with Gasteiger partial charge in [0.2, 0.25) is 0 Å². The first-order valence-electron chi connectivity index (χ1n) is 2.86. The van der Waals surface area contributed by atoms with Gasteiger partial charge in [-0.15, -0.1) is 0 Å². The van der Waals surface area contributed by atoms with E-state index in [0.717, 1.165) is 0 Å². The lowest BCUT2D eigenvalue weighted by atomic mass is 10.3. The Morgan fingerprint density at radius 1 is 1.42 bits per heavy atom. The van der Waals surface area contributed by atoms with Crippen molar-refractivity contribution in [1.29, 1.82) is 0 Å². The van der Waals surface area contributed by atoms with Gasteiger partial charge < -0.3 is 10.1 Å². The fraction of sp³-hybridized carbons (Fsp3) is 0.200. The highest BCUT2D eigenvalue weighted by Gasteiger charge is 2.18. The van der Waals surface area contributed by atoms with Gasteiger partial charge in [-0.3, -0.25) is 0 Å². The maximum absolute atomic E-state index is 10.3. The summed E-state index contributed by atoms with van der Waals surface area (Å²) in [6.07, 6.45) is 0. The lowest BCUT2D eigenvalue weighted by Crippen LogP contribution is -1.98. The second-order valence-electron chi connectivity index (χ2n) is 1.99. The van der Waals surface area contributed by atoms with Crippen molar-refractivity contribution in [3.05, 3.63) is 26.1 Å². The predicted molar refractivity (Wildman–Crippen MR) is 43.4 cm³/mol. The highest BCUT2D eigenvalue weighted by atomic mass is 35.5. The average molecular weight is 208 g/mol. The number of nitrogens with zero attached hydrogens (tertiary/aromatic N) is 3. The molecular formula is C5H3Cl2N3O2. The van der Waals surface area contributed by atoms with Gasteiger partial charge in [-0.1, -0.05) is 11.6 Å². The Hall–Kier alpha value is -0.940. The van der Waals surface area contributed by atoms with E-state index in [0.29, 0.717) is 0 Å². The Kier molecular flexibility index (Phi) is 2.44. The molecule has 0 spiro atoms. The SMILES string of the molecule is Cc1c(Cl)nc(Cl)nc1[N+](=O)[O-]. The predicted octanol–water partition coefficient (Wildman–Crippen LogP) is 2.00. The topological polar surface area (TPSA) is 68.9 Å². The van der Waals surface area contributed by atoms with Crippen LogP contribution in [0.4, 0.5) is 5.82 Å². The molecule has 0 fully saturated rings. The van der Waals surface area contributed by atoms with E-state index >= 15 is 0 Å². The van der Waals surface area contributed by atoms with E-state index in [4.69, 9.17) is 23.2 Å². The monoisotopic (exact) mass is 207 g/mol. The van der Waals surface area contributed by atoms with Gasteiger partial charge in [0, 0.05) is 0 Å². The Morgan fingerprint density at radius 3 is 2.50 bits per heavy atom. The fourth-order valence-corrected chi connectivity index (χ4v) is 1.00. The molecule has 0 radical (unpaired) electrons. The van der Waals surface area contributed by atoms with Crippen LogP contribution in [0.3, 0.4) is 0 Å². The van der Waals surface area contributed by atoms with Crippen LogP contribution in [0.5, 0.6) is 0 Å². The highest BCUT2D eigenvalue weighted by Crippen LogP contribution is 2.22. The van der Waals surface area contributed by atoms with E-state index in [1.165, 1.54) is 6.92 Å².